The van der Waals surface area contributed by atoms with Crippen LogP contribution in [0.25, 0.3) is 0 Å². The van der Waals surface area contributed by atoms with Crippen LogP contribution < -0.4 is 0 Å². The Labute approximate surface area is 116 Å². The Balaban J connectivity index is 1.62. The van der Waals surface area contributed by atoms with Gasteiger partial charge in [-0.05, 0) is 37.5 Å². The largest absolute Gasteiger partial charge is 0.389 e. The third-order valence-corrected chi connectivity index (χ3v) is 4.11. The van der Waals surface area contributed by atoms with Gasteiger partial charge in [0.25, 0.3) is 0 Å². The highest BCUT2D eigenvalue weighted by molar-refractivity contribution is 7.98. The smallest absolute Gasteiger partial charge is 0.237 e. The highest BCUT2D eigenvalue weighted by atomic mass is 32.2. The van der Waals surface area contributed by atoms with Crippen molar-refractivity contribution in [2.24, 2.45) is 0 Å². The molecule has 19 heavy (non-hydrogen) atoms. The molecule has 5 heteroatoms. The van der Waals surface area contributed by atoms with Crippen molar-refractivity contribution in [3.05, 3.63) is 41.5 Å². The van der Waals surface area contributed by atoms with Crippen molar-refractivity contribution in [3.8, 4) is 0 Å². The molecule has 1 aliphatic carbocycles. The van der Waals surface area contributed by atoms with E-state index < -0.39 is 6.10 Å². The van der Waals surface area contributed by atoms with Gasteiger partial charge in [0.15, 0.2) is 5.82 Å². The van der Waals surface area contributed by atoms with E-state index >= 15 is 0 Å². The van der Waals surface area contributed by atoms with Gasteiger partial charge in [0, 0.05) is 10.8 Å². The molecule has 1 fully saturated rings. The fourth-order valence-corrected chi connectivity index (χ4v) is 2.64. The Kier molecular flexibility index (Phi) is 3.57. The summed E-state index contributed by atoms with van der Waals surface area (Å²) >= 11 is 1.64. The van der Waals surface area contributed by atoms with Crippen LogP contribution in [0.15, 0.2) is 33.7 Å². The minimum atomic E-state index is -0.439. The summed E-state index contributed by atoms with van der Waals surface area (Å²) in [6, 6.07) is 7.89. The zero-order chi connectivity index (χ0) is 13.2. The Morgan fingerprint density at radius 1 is 1.47 bits per heavy atom. The van der Waals surface area contributed by atoms with Crippen molar-refractivity contribution < 1.29 is 9.63 Å². The SMILES string of the molecule is CC(O)c1cccc(SCc2nc(C3CC3)no2)c1. The van der Waals surface area contributed by atoms with Crippen LogP contribution in [0.5, 0.6) is 0 Å². The van der Waals surface area contributed by atoms with Gasteiger partial charge < -0.3 is 9.63 Å². The summed E-state index contributed by atoms with van der Waals surface area (Å²) in [7, 11) is 0. The van der Waals surface area contributed by atoms with Crippen LogP contribution in [0.3, 0.4) is 0 Å². The molecular formula is C14H16N2O2S. The average Bonchev–Trinajstić information content (AvgIpc) is 3.16. The van der Waals surface area contributed by atoms with Gasteiger partial charge in [0.1, 0.15) is 0 Å². The molecule has 0 saturated heterocycles. The number of rotatable bonds is 5. The Morgan fingerprint density at radius 3 is 3.05 bits per heavy atom. The summed E-state index contributed by atoms with van der Waals surface area (Å²) in [5.41, 5.74) is 0.925. The first-order valence-corrected chi connectivity index (χ1v) is 7.44. The normalized spacial score (nSPS) is 16.5. The second-order valence-electron chi connectivity index (χ2n) is 4.86. The van der Waals surface area contributed by atoms with Crippen LogP contribution in [0.1, 0.15) is 49.1 Å². The van der Waals surface area contributed by atoms with E-state index in [0.29, 0.717) is 17.6 Å². The first-order chi connectivity index (χ1) is 9.22. The van der Waals surface area contributed by atoms with E-state index in [9.17, 15) is 5.11 Å². The average molecular weight is 276 g/mol. The maximum absolute atomic E-state index is 9.55. The van der Waals surface area contributed by atoms with Gasteiger partial charge >= 0.3 is 0 Å². The highest BCUT2D eigenvalue weighted by Gasteiger charge is 2.28. The number of aliphatic hydroxyl groups excluding tert-OH is 1. The number of nitrogens with zero attached hydrogens (tertiary/aromatic N) is 2. The van der Waals surface area contributed by atoms with Crippen molar-refractivity contribution in [2.75, 3.05) is 0 Å². The molecule has 0 amide bonds. The minimum Gasteiger partial charge on any atom is -0.389 e. The van der Waals surface area contributed by atoms with E-state index in [1.807, 2.05) is 24.3 Å². The molecule has 100 valence electrons. The van der Waals surface area contributed by atoms with E-state index in [1.54, 1.807) is 18.7 Å². The lowest BCUT2D eigenvalue weighted by Crippen LogP contribution is -1.90. The summed E-state index contributed by atoms with van der Waals surface area (Å²) in [6.07, 6.45) is 1.93. The second-order valence-corrected chi connectivity index (χ2v) is 5.91. The lowest BCUT2D eigenvalue weighted by molar-refractivity contribution is 0.199. The molecule has 1 heterocycles. The molecule has 1 saturated carbocycles. The summed E-state index contributed by atoms with van der Waals surface area (Å²) < 4.78 is 5.23. The number of aliphatic hydroxyl groups is 1. The molecule has 1 unspecified atom stereocenters. The van der Waals surface area contributed by atoms with Crippen molar-refractivity contribution in [1.29, 1.82) is 0 Å². The fraction of sp³-hybridized carbons (Fsp3) is 0.429. The Morgan fingerprint density at radius 2 is 2.32 bits per heavy atom. The van der Waals surface area contributed by atoms with Gasteiger partial charge in [-0.25, -0.2) is 0 Å². The van der Waals surface area contributed by atoms with Crippen molar-refractivity contribution in [2.45, 2.75) is 42.4 Å². The van der Waals surface area contributed by atoms with Gasteiger partial charge in [-0.3, -0.25) is 0 Å². The molecule has 1 aromatic carbocycles. The highest BCUT2D eigenvalue weighted by Crippen LogP contribution is 2.38. The quantitative estimate of drug-likeness (QED) is 0.849. The summed E-state index contributed by atoms with van der Waals surface area (Å²) in [5.74, 6) is 2.73. The van der Waals surface area contributed by atoms with Gasteiger partial charge in [-0.15, -0.1) is 11.8 Å². The molecule has 4 nitrogen and oxygen atoms in total. The summed E-state index contributed by atoms with van der Waals surface area (Å²) in [5, 5.41) is 13.6. The molecule has 1 atom stereocenters. The maximum Gasteiger partial charge on any atom is 0.237 e. The number of thioether (sulfide) groups is 1. The topological polar surface area (TPSA) is 59.2 Å². The molecule has 0 bridgehead atoms. The zero-order valence-electron chi connectivity index (χ0n) is 10.7. The van der Waals surface area contributed by atoms with Gasteiger partial charge in [0.2, 0.25) is 5.89 Å². The standard InChI is InChI=1S/C14H16N2O2S/c1-9(17)11-3-2-4-12(7-11)19-8-13-15-14(16-18-13)10-5-6-10/h2-4,7,9-10,17H,5-6,8H2,1H3. The van der Waals surface area contributed by atoms with E-state index in [0.717, 1.165) is 16.3 Å². The first-order valence-electron chi connectivity index (χ1n) is 6.45. The molecule has 1 aromatic heterocycles. The second kappa shape index (κ2) is 5.35. The molecular weight excluding hydrogens is 260 g/mol. The third kappa shape index (κ3) is 3.16. The molecule has 0 spiro atoms. The van der Waals surface area contributed by atoms with Crippen LogP contribution in [-0.4, -0.2) is 15.2 Å². The number of hydrogen-bond acceptors (Lipinski definition) is 5. The lowest BCUT2D eigenvalue weighted by Gasteiger charge is -2.06. The van der Waals surface area contributed by atoms with Crippen LogP contribution in [0, 0.1) is 0 Å². The van der Waals surface area contributed by atoms with Crippen LogP contribution >= 0.6 is 11.8 Å². The fourth-order valence-electron chi connectivity index (χ4n) is 1.84. The van der Waals surface area contributed by atoms with E-state index in [4.69, 9.17) is 4.52 Å². The Hall–Kier alpha value is -1.33. The van der Waals surface area contributed by atoms with Crippen LogP contribution in [0.2, 0.25) is 0 Å². The van der Waals surface area contributed by atoms with E-state index in [-0.39, 0.29) is 0 Å². The first kappa shape index (κ1) is 12.7. The number of aromatic nitrogens is 2. The summed E-state index contributed by atoms with van der Waals surface area (Å²) in [6.45, 7) is 1.77. The van der Waals surface area contributed by atoms with E-state index in [1.165, 1.54) is 12.8 Å². The van der Waals surface area contributed by atoms with Crippen molar-refractivity contribution >= 4 is 11.8 Å². The van der Waals surface area contributed by atoms with Crippen LogP contribution in [0.4, 0.5) is 0 Å². The van der Waals surface area contributed by atoms with Gasteiger partial charge in [0.05, 0.1) is 11.9 Å². The van der Waals surface area contributed by atoms with E-state index in [2.05, 4.69) is 10.1 Å². The predicted molar refractivity (Wildman–Crippen MR) is 72.9 cm³/mol. The van der Waals surface area contributed by atoms with Gasteiger partial charge in [-0.2, -0.15) is 4.98 Å². The summed E-state index contributed by atoms with van der Waals surface area (Å²) in [4.78, 5) is 5.50. The predicted octanol–water partition coefficient (Wildman–Crippen LogP) is 3.29. The maximum atomic E-state index is 9.55. The minimum absolute atomic E-state index is 0.439. The number of hydrogen-bond donors (Lipinski definition) is 1. The third-order valence-electron chi connectivity index (χ3n) is 3.13. The molecule has 0 aliphatic heterocycles. The molecule has 1 aliphatic rings. The Bertz CT molecular complexity index is 564. The van der Waals surface area contributed by atoms with Crippen molar-refractivity contribution in [3.63, 3.8) is 0 Å². The van der Waals surface area contributed by atoms with Crippen LogP contribution in [-0.2, 0) is 5.75 Å². The van der Waals surface area contributed by atoms with Gasteiger partial charge in [-0.1, -0.05) is 17.3 Å². The zero-order valence-corrected chi connectivity index (χ0v) is 11.6. The molecule has 2 aromatic rings. The monoisotopic (exact) mass is 276 g/mol. The van der Waals surface area contributed by atoms with Crippen molar-refractivity contribution in [1.82, 2.24) is 10.1 Å². The number of benzene rings is 1. The lowest BCUT2D eigenvalue weighted by atomic mass is 10.1. The molecule has 0 radical (unpaired) electrons. The molecule has 1 N–H and O–H groups in total. The molecule has 3 rings (SSSR count).